The van der Waals surface area contributed by atoms with E-state index in [0.29, 0.717) is 11.9 Å². The molecule has 86 valence electrons. The highest BCUT2D eigenvalue weighted by Gasteiger charge is 2.54. The Balaban J connectivity index is 2.07. The van der Waals surface area contributed by atoms with Gasteiger partial charge in [-0.05, 0) is 33.9 Å². The van der Waals surface area contributed by atoms with Gasteiger partial charge < -0.3 is 10.2 Å². The summed E-state index contributed by atoms with van der Waals surface area (Å²) in [6.07, 6.45) is 2.05. The van der Waals surface area contributed by atoms with Crippen LogP contribution in [-0.2, 0) is 4.79 Å². The van der Waals surface area contributed by atoms with Gasteiger partial charge in [-0.1, -0.05) is 0 Å². The Morgan fingerprint density at radius 2 is 2.13 bits per heavy atom. The fourth-order valence-electron chi connectivity index (χ4n) is 2.38. The van der Waals surface area contributed by atoms with Crippen molar-refractivity contribution in [1.29, 1.82) is 0 Å². The van der Waals surface area contributed by atoms with Gasteiger partial charge in [0.15, 0.2) is 0 Å². The van der Waals surface area contributed by atoms with Gasteiger partial charge in [0.2, 0.25) is 5.91 Å². The van der Waals surface area contributed by atoms with Crippen molar-refractivity contribution in [2.45, 2.75) is 31.3 Å². The van der Waals surface area contributed by atoms with Crippen LogP contribution >= 0.6 is 0 Å². The first-order valence-electron chi connectivity index (χ1n) is 5.77. The summed E-state index contributed by atoms with van der Waals surface area (Å²) in [5.74, 6) is 0.335. The van der Waals surface area contributed by atoms with Crippen molar-refractivity contribution >= 4 is 5.91 Å². The summed E-state index contributed by atoms with van der Waals surface area (Å²) in [7, 11) is 4.02. The predicted molar refractivity (Wildman–Crippen MR) is 59.7 cm³/mol. The largest absolute Gasteiger partial charge is 0.336 e. The molecule has 0 unspecified atom stereocenters. The summed E-state index contributed by atoms with van der Waals surface area (Å²) in [5.41, 5.74) is -0.161. The zero-order chi connectivity index (χ0) is 11.1. The molecule has 1 atom stereocenters. The van der Waals surface area contributed by atoms with Crippen LogP contribution in [0.25, 0.3) is 0 Å². The molecule has 0 aromatic carbocycles. The Bertz CT molecular complexity index is 261. The van der Waals surface area contributed by atoms with Gasteiger partial charge in [0.25, 0.3) is 0 Å². The predicted octanol–water partition coefficient (Wildman–Crippen LogP) is -0.0991. The summed E-state index contributed by atoms with van der Waals surface area (Å²) >= 11 is 0. The number of rotatable bonds is 2. The Morgan fingerprint density at radius 3 is 2.60 bits per heavy atom. The summed E-state index contributed by atoms with van der Waals surface area (Å²) in [6.45, 7) is 4.83. The molecular formula is C11H21N3O. The van der Waals surface area contributed by atoms with Crippen molar-refractivity contribution in [3.63, 3.8) is 0 Å². The third-order valence-corrected chi connectivity index (χ3v) is 3.74. The van der Waals surface area contributed by atoms with Gasteiger partial charge in [-0.15, -0.1) is 0 Å². The Labute approximate surface area is 91.6 Å². The Hall–Kier alpha value is -0.610. The van der Waals surface area contributed by atoms with E-state index in [1.165, 1.54) is 0 Å². The minimum atomic E-state index is -0.161. The Kier molecular flexibility index (Phi) is 2.73. The molecule has 1 heterocycles. The first kappa shape index (κ1) is 10.9. The van der Waals surface area contributed by atoms with E-state index in [0.717, 1.165) is 32.5 Å². The highest BCUT2D eigenvalue weighted by atomic mass is 16.2. The molecule has 1 aliphatic carbocycles. The van der Waals surface area contributed by atoms with Gasteiger partial charge >= 0.3 is 0 Å². The topological polar surface area (TPSA) is 35.6 Å². The second kappa shape index (κ2) is 3.76. The smallest absolute Gasteiger partial charge is 0.243 e. The lowest BCUT2D eigenvalue weighted by atomic mass is 10.1. The molecule has 4 heteroatoms. The maximum absolute atomic E-state index is 12.4. The van der Waals surface area contributed by atoms with E-state index in [1.54, 1.807) is 0 Å². The molecule has 2 rings (SSSR count). The maximum Gasteiger partial charge on any atom is 0.243 e. The van der Waals surface area contributed by atoms with E-state index >= 15 is 0 Å². The molecule has 1 saturated heterocycles. The van der Waals surface area contributed by atoms with Gasteiger partial charge in [0, 0.05) is 25.7 Å². The maximum atomic E-state index is 12.4. The number of hydrogen-bond acceptors (Lipinski definition) is 3. The van der Waals surface area contributed by atoms with Crippen molar-refractivity contribution in [3.05, 3.63) is 0 Å². The van der Waals surface area contributed by atoms with Crippen molar-refractivity contribution in [1.82, 2.24) is 15.1 Å². The lowest BCUT2D eigenvalue weighted by Gasteiger charge is -2.38. The number of likely N-dealkylation sites (N-methyl/N-ethyl adjacent to an activating group) is 1. The lowest BCUT2D eigenvalue weighted by molar-refractivity contribution is -0.140. The second-order valence-electron chi connectivity index (χ2n) is 4.98. The van der Waals surface area contributed by atoms with Crippen LogP contribution in [0.4, 0.5) is 0 Å². The number of nitrogens with zero attached hydrogens (tertiary/aromatic N) is 2. The standard InChI is InChI=1S/C11H21N3O/c1-9-8-12-6-7-14(9)10(15)11(4-5-11)13(2)3/h9,12H,4-8H2,1-3H3/t9-/m1/s1. The third-order valence-electron chi connectivity index (χ3n) is 3.74. The van der Waals surface area contributed by atoms with Crippen molar-refractivity contribution in [2.75, 3.05) is 33.7 Å². The van der Waals surface area contributed by atoms with Gasteiger partial charge in [-0.3, -0.25) is 9.69 Å². The van der Waals surface area contributed by atoms with Crippen LogP contribution in [0.5, 0.6) is 0 Å². The third kappa shape index (κ3) is 1.76. The summed E-state index contributed by atoms with van der Waals surface area (Å²) in [5, 5.41) is 3.31. The van der Waals surface area contributed by atoms with Crippen molar-refractivity contribution in [3.8, 4) is 0 Å². The molecule has 1 saturated carbocycles. The van der Waals surface area contributed by atoms with E-state index in [9.17, 15) is 4.79 Å². The molecule has 1 aliphatic heterocycles. The van der Waals surface area contributed by atoms with Gasteiger partial charge in [-0.25, -0.2) is 0 Å². The molecule has 2 aliphatic rings. The zero-order valence-electron chi connectivity index (χ0n) is 9.92. The molecular weight excluding hydrogens is 190 g/mol. The molecule has 4 nitrogen and oxygen atoms in total. The van der Waals surface area contributed by atoms with Gasteiger partial charge in [-0.2, -0.15) is 0 Å². The number of carbonyl (C=O) groups excluding carboxylic acids is 1. The molecule has 0 spiro atoms. The average molecular weight is 211 g/mol. The molecule has 0 aromatic heterocycles. The fourth-order valence-corrected chi connectivity index (χ4v) is 2.38. The van der Waals surface area contributed by atoms with Crippen LogP contribution in [0.1, 0.15) is 19.8 Å². The van der Waals surface area contributed by atoms with Crippen LogP contribution in [0, 0.1) is 0 Å². The first-order chi connectivity index (χ1) is 7.08. The quantitative estimate of drug-likeness (QED) is 0.693. The molecule has 1 amide bonds. The summed E-state index contributed by atoms with van der Waals surface area (Å²) in [4.78, 5) is 16.5. The van der Waals surface area contributed by atoms with Gasteiger partial charge in [0.05, 0.1) is 0 Å². The van der Waals surface area contributed by atoms with E-state index in [2.05, 4.69) is 17.1 Å². The van der Waals surface area contributed by atoms with Crippen LogP contribution in [0.15, 0.2) is 0 Å². The number of amides is 1. The first-order valence-corrected chi connectivity index (χ1v) is 5.77. The van der Waals surface area contributed by atoms with E-state index in [4.69, 9.17) is 0 Å². The molecule has 0 aromatic rings. The van der Waals surface area contributed by atoms with Crippen molar-refractivity contribution in [2.24, 2.45) is 0 Å². The highest BCUT2D eigenvalue weighted by molar-refractivity contribution is 5.89. The molecule has 15 heavy (non-hydrogen) atoms. The van der Waals surface area contributed by atoms with Crippen molar-refractivity contribution < 1.29 is 4.79 Å². The fraction of sp³-hybridized carbons (Fsp3) is 0.909. The monoisotopic (exact) mass is 211 g/mol. The number of nitrogens with one attached hydrogen (secondary N) is 1. The van der Waals surface area contributed by atoms with E-state index < -0.39 is 0 Å². The molecule has 1 N–H and O–H groups in total. The molecule has 0 bridgehead atoms. The minimum Gasteiger partial charge on any atom is -0.336 e. The van der Waals surface area contributed by atoms with Crippen LogP contribution in [-0.4, -0.2) is 61.0 Å². The number of hydrogen-bond donors (Lipinski definition) is 1. The van der Waals surface area contributed by atoms with Crippen LogP contribution < -0.4 is 5.32 Å². The summed E-state index contributed by atoms with van der Waals surface area (Å²) < 4.78 is 0. The Morgan fingerprint density at radius 1 is 1.47 bits per heavy atom. The molecule has 2 fully saturated rings. The second-order valence-corrected chi connectivity index (χ2v) is 4.98. The van der Waals surface area contributed by atoms with Gasteiger partial charge in [0.1, 0.15) is 5.54 Å². The highest BCUT2D eigenvalue weighted by Crippen LogP contribution is 2.42. The average Bonchev–Trinajstić information content (AvgIpc) is 2.98. The normalized spacial score (nSPS) is 29.3. The summed E-state index contributed by atoms with van der Waals surface area (Å²) in [6, 6.07) is 0.337. The lowest BCUT2D eigenvalue weighted by Crippen LogP contribution is -2.58. The molecule has 0 radical (unpaired) electrons. The van der Waals surface area contributed by atoms with Crippen LogP contribution in [0.2, 0.25) is 0 Å². The van der Waals surface area contributed by atoms with Crippen LogP contribution in [0.3, 0.4) is 0 Å². The van der Waals surface area contributed by atoms with E-state index in [1.807, 2.05) is 19.0 Å². The number of carbonyl (C=O) groups is 1. The van der Waals surface area contributed by atoms with E-state index in [-0.39, 0.29) is 5.54 Å². The number of piperazine rings is 1. The minimum absolute atomic E-state index is 0.161. The SMILES string of the molecule is C[C@@H]1CNCCN1C(=O)C1(N(C)C)CC1. The zero-order valence-corrected chi connectivity index (χ0v) is 9.92.